The van der Waals surface area contributed by atoms with Gasteiger partial charge in [0.1, 0.15) is 11.8 Å². The molecule has 1 aromatic carbocycles. The number of nitrogens with zero attached hydrogens (tertiary/aromatic N) is 1. The van der Waals surface area contributed by atoms with Crippen LogP contribution in [-0.2, 0) is 16.0 Å². The van der Waals surface area contributed by atoms with Crippen molar-refractivity contribution in [3.63, 3.8) is 0 Å². The molecule has 18 heavy (non-hydrogen) atoms. The molecule has 1 aromatic rings. The number of benzene rings is 1. The van der Waals surface area contributed by atoms with Gasteiger partial charge in [-0.05, 0) is 12.0 Å². The van der Waals surface area contributed by atoms with Gasteiger partial charge in [0.15, 0.2) is 11.6 Å². The van der Waals surface area contributed by atoms with Crippen molar-refractivity contribution < 1.29 is 14.5 Å². The van der Waals surface area contributed by atoms with Gasteiger partial charge in [-0.15, -0.1) is 0 Å². The van der Waals surface area contributed by atoms with Crippen molar-refractivity contribution in [1.29, 1.82) is 0 Å². The van der Waals surface area contributed by atoms with Crippen LogP contribution in [0.2, 0.25) is 0 Å². The summed E-state index contributed by atoms with van der Waals surface area (Å²) in [7, 11) is 0. The van der Waals surface area contributed by atoms with Gasteiger partial charge in [-0.2, -0.15) is 0 Å². The molecule has 0 radical (unpaired) electrons. The van der Waals surface area contributed by atoms with Crippen molar-refractivity contribution >= 4 is 11.6 Å². The lowest BCUT2D eigenvalue weighted by Gasteiger charge is -2.10. The first-order valence-electron chi connectivity index (χ1n) is 5.86. The van der Waals surface area contributed by atoms with Crippen LogP contribution in [0.1, 0.15) is 5.56 Å². The largest absolute Gasteiger partial charge is 0.298 e. The molecule has 3 rings (SSSR count). The van der Waals surface area contributed by atoms with Crippen LogP contribution in [0.4, 0.5) is 0 Å². The summed E-state index contributed by atoms with van der Waals surface area (Å²) in [5.74, 6) is -2.45. The maximum absolute atomic E-state index is 12.0. The van der Waals surface area contributed by atoms with Gasteiger partial charge in [-0.25, -0.2) is 0 Å². The van der Waals surface area contributed by atoms with Crippen molar-refractivity contribution in [2.24, 2.45) is 17.8 Å². The maximum Gasteiger partial charge on any atom is 0.234 e. The Morgan fingerprint density at radius 3 is 2.11 bits per heavy atom. The van der Waals surface area contributed by atoms with Crippen LogP contribution in [0.3, 0.4) is 0 Å². The summed E-state index contributed by atoms with van der Waals surface area (Å²) in [5.41, 5.74) is 0.920. The van der Waals surface area contributed by atoms with E-state index < -0.39 is 28.7 Å². The van der Waals surface area contributed by atoms with Gasteiger partial charge in [-0.3, -0.25) is 19.7 Å². The molecule has 92 valence electrons. The summed E-state index contributed by atoms with van der Waals surface area (Å²) in [6.07, 6.45) is 0.371. The van der Waals surface area contributed by atoms with E-state index in [-0.39, 0.29) is 11.6 Å². The molecule has 4 atom stereocenters. The highest BCUT2D eigenvalue weighted by Gasteiger charge is 2.74. The number of ketones is 2. The SMILES string of the molecule is O=C1C(Cc2ccccc2)C(=O)[C@H]2C([N+](=O)[O-])[C@@H]12. The quantitative estimate of drug-likeness (QED) is 0.450. The average molecular weight is 245 g/mol. The third kappa shape index (κ3) is 1.47. The molecule has 2 aliphatic rings. The van der Waals surface area contributed by atoms with Crippen molar-refractivity contribution in [2.45, 2.75) is 12.5 Å². The number of rotatable bonds is 3. The van der Waals surface area contributed by atoms with Crippen LogP contribution in [0.15, 0.2) is 30.3 Å². The molecule has 0 aliphatic heterocycles. The highest BCUT2D eigenvalue weighted by molar-refractivity contribution is 6.16. The fraction of sp³-hybridized carbons (Fsp3) is 0.385. The summed E-state index contributed by atoms with van der Waals surface area (Å²) < 4.78 is 0. The molecular formula is C13H11NO4. The number of Topliss-reactive ketones (excluding diaryl/α,β-unsaturated/α-hetero) is 2. The minimum absolute atomic E-state index is 0.240. The second-order valence-electron chi connectivity index (χ2n) is 4.87. The van der Waals surface area contributed by atoms with E-state index >= 15 is 0 Å². The number of fused-ring (bicyclic) bond motifs is 1. The van der Waals surface area contributed by atoms with Gasteiger partial charge in [-0.1, -0.05) is 30.3 Å². The van der Waals surface area contributed by atoms with Crippen molar-refractivity contribution in [3.05, 3.63) is 46.0 Å². The molecule has 2 saturated carbocycles. The van der Waals surface area contributed by atoms with Gasteiger partial charge in [0.05, 0.1) is 5.92 Å². The number of hydrogen-bond acceptors (Lipinski definition) is 4. The zero-order valence-electron chi connectivity index (χ0n) is 9.48. The number of nitro groups is 1. The molecule has 0 N–H and O–H groups in total. The Labute approximate surface area is 103 Å². The Hall–Kier alpha value is -2.04. The maximum atomic E-state index is 12.0. The van der Waals surface area contributed by atoms with Crippen molar-refractivity contribution in [2.75, 3.05) is 0 Å². The third-order valence-corrected chi connectivity index (χ3v) is 3.85. The third-order valence-electron chi connectivity index (χ3n) is 3.85. The zero-order chi connectivity index (χ0) is 12.9. The van der Waals surface area contributed by atoms with Gasteiger partial charge < -0.3 is 0 Å². The van der Waals surface area contributed by atoms with Gasteiger partial charge in [0.25, 0.3) is 0 Å². The first-order chi connectivity index (χ1) is 8.61. The smallest absolute Gasteiger partial charge is 0.234 e. The van der Waals surface area contributed by atoms with Gasteiger partial charge in [0, 0.05) is 4.92 Å². The van der Waals surface area contributed by atoms with E-state index in [4.69, 9.17) is 0 Å². The van der Waals surface area contributed by atoms with E-state index in [0.29, 0.717) is 6.42 Å². The molecular weight excluding hydrogens is 234 g/mol. The number of carbonyl (C=O) groups is 2. The lowest BCUT2D eigenvalue weighted by atomic mass is 9.92. The molecule has 5 nitrogen and oxygen atoms in total. The highest BCUT2D eigenvalue weighted by Crippen LogP contribution is 2.51. The van der Waals surface area contributed by atoms with E-state index in [1.54, 1.807) is 0 Å². The number of hydrogen-bond donors (Lipinski definition) is 0. The summed E-state index contributed by atoms with van der Waals surface area (Å²) in [6.45, 7) is 0. The molecule has 5 heteroatoms. The highest BCUT2D eigenvalue weighted by atomic mass is 16.6. The van der Waals surface area contributed by atoms with Gasteiger partial charge in [0.2, 0.25) is 6.04 Å². The van der Waals surface area contributed by atoms with Crippen LogP contribution in [-0.4, -0.2) is 22.5 Å². The van der Waals surface area contributed by atoms with E-state index in [9.17, 15) is 19.7 Å². The molecule has 0 amide bonds. The Morgan fingerprint density at radius 2 is 1.61 bits per heavy atom. The molecule has 0 saturated heterocycles. The molecule has 2 unspecified atom stereocenters. The zero-order valence-corrected chi connectivity index (χ0v) is 9.48. The molecule has 0 bridgehead atoms. The average Bonchev–Trinajstić information content (AvgIpc) is 3.05. The summed E-state index contributed by atoms with van der Waals surface area (Å²) in [5, 5.41) is 10.6. The van der Waals surface area contributed by atoms with E-state index in [0.717, 1.165) is 5.56 Å². The Balaban J connectivity index is 1.76. The van der Waals surface area contributed by atoms with Gasteiger partial charge >= 0.3 is 0 Å². The van der Waals surface area contributed by atoms with Crippen molar-refractivity contribution in [3.8, 4) is 0 Å². The molecule has 0 heterocycles. The van der Waals surface area contributed by atoms with E-state index in [1.807, 2.05) is 30.3 Å². The van der Waals surface area contributed by atoms with Crippen LogP contribution in [0.25, 0.3) is 0 Å². The topological polar surface area (TPSA) is 77.3 Å². The van der Waals surface area contributed by atoms with Crippen molar-refractivity contribution in [1.82, 2.24) is 0 Å². The van der Waals surface area contributed by atoms with E-state index in [1.165, 1.54) is 0 Å². The normalized spacial score (nSPS) is 33.3. The Morgan fingerprint density at radius 1 is 1.06 bits per heavy atom. The summed E-state index contributed by atoms with van der Waals surface area (Å²) >= 11 is 0. The lowest BCUT2D eigenvalue weighted by molar-refractivity contribution is -0.499. The molecule has 2 aliphatic carbocycles. The molecule has 2 fully saturated rings. The Kier molecular flexibility index (Phi) is 2.29. The van der Waals surface area contributed by atoms with Crippen LogP contribution in [0, 0.1) is 27.9 Å². The summed E-state index contributed by atoms with van der Waals surface area (Å²) in [4.78, 5) is 34.0. The first-order valence-corrected chi connectivity index (χ1v) is 5.86. The second kappa shape index (κ2) is 3.73. The minimum atomic E-state index is -0.947. The second-order valence-corrected chi connectivity index (χ2v) is 4.87. The Bertz CT molecular complexity index is 517. The van der Waals surface area contributed by atoms with Crippen LogP contribution in [0.5, 0.6) is 0 Å². The lowest BCUT2D eigenvalue weighted by Crippen LogP contribution is -2.28. The standard InChI is InChI=1S/C13H11NO4/c15-12-8(6-7-4-2-1-3-5-7)13(16)10-9(12)11(10)14(17)18/h1-5,8-11H,6H2/t8?,9-,10+,11?. The predicted molar refractivity (Wildman–Crippen MR) is 61.4 cm³/mol. The minimum Gasteiger partial charge on any atom is -0.298 e. The first kappa shape index (κ1) is 11.1. The van der Waals surface area contributed by atoms with E-state index in [2.05, 4.69) is 0 Å². The van der Waals surface area contributed by atoms with Crippen LogP contribution >= 0.6 is 0 Å². The molecule has 0 aromatic heterocycles. The monoisotopic (exact) mass is 245 g/mol. The predicted octanol–water partition coefficient (Wildman–Crippen LogP) is 0.888. The fourth-order valence-corrected chi connectivity index (χ4v) is 2.90. The molecule has 0 spiro atoms. The summed E-state index contributed by atoms with van der Waals surface area (Å²) in [6, 6.07) is 8.32. The fourth-order valence-electron chi connectivity index (χ4n) is 2.90. The van der Waals surface area contributed by atoms with Crippen LogP contribution < -0.4 is 0 Å². The number of carbonyl (C=O) groups excluding carboxylic acids is 2.